The first-order chi connectivity index (χ1) is 10.2. The van der Waals surface area contributed by atoms with Gasteiger partial charge in [0.25, 0.3) is 0 Å². The van der Waals surface area contributed by atoms with Crippen LogP contribution in [0.25, 0.3) is 11.3 Å². The molecule has 1 N–H and O–H groups in total. The molecule has 2 aromatic heterocycles. The number of hydrogen-bond donors (Lipinski definition) is 1. The van der Waals surface area contributed by atoms with Crippen LogP contribution in [0.1, 0.15) is 5.56 Å². The molecule has 0 aliphatic heterocycles. The fraction of sp³-hybridized carbons (Fsp3) is 0.0625. The van der Waals surface area contributed by atoms with Gasteiger partial charge in [0.05, 0.1) is 18.1 Å². The van der Waals surface area contributed by atoms with Gasteiger partial charge in [0, 0.05) is 28.7 Å². The first kappa shape index (κ1) is 13.5. The van der Waals surface area contributed by atoms with Crippen molar-refractivity contribution in [3.8, 4) is 11.3 Å². The molecule has 0 radical (unpaired) electrons. The van der Waals surface area contributed by atoms with Crippen LogP contribution in [0, 0.1) is 6.92 Å². The summed E-state index contributed by atoms with van der Waals surface area (Å²) in [4.78, 5) is 13.0. The molecule has 0 saturated carbocycles. The molecule has 104 valence electrons. The second kappa shape index (κ2) is 5.89. The van der Waals surface area contributed by atoms with E-state index in [9.17, 15) is 0 Å². The van der Waals surface area contributed by atoms with E-state index >= 15 is 0 Å². The Labute approximate surface area is 127 Å². The van der Waals surface area contributed by atoms with E-state index in [4.69, 9.17) is 11.6 Å². The third-order valence-corrected chi connectivity index (χ3v) is 3.14. The zero-order chi connectivity index (χ0) is 14.7. The molecule has 0 spiro atoms. The summed E-state index contributed by atoms with van der Waals surface area (Å²) in [6.07, 6.45) is 6.98. The van der Waals surface area contributed by atoms with Crippen LogP contribution in [0.5, 0.6) is 0 Å². The molecule has 3 rings (SSSR count). The van der Waals surface area contributed by atoms with E-state index < -0.39 is 0 Å². The molecule has 4 nitrogen and oxygen atoms in total. The van der Waals surface area contributed by atoms with E-state index in [1.165, 1.54) is 0 Å². The highest BCUT2D eigenvalue weighted by molar-refractivity contribution is 6.30. The second-order valence-electron chi connectivity index (χ2n) is 4.68. The maximum Gasteiger partial charge on any atom is 0.149 e. The smallest absolute Gasteiger partial charge is 0.149 e. The summed E-state index contributed by atoms with van der Waals surface area (Å²) in [5.74, 6) is 0.663. The third-order valence-electron chi connectivity index (χ3n) is 2.90. The van der Waals surface area contributed by atoms with E-state index in [2.05, 4.69) is 20.3 Å². The first-order valence-corrected chi connectivity index (χ1v) is 6.85. The monoisotopic (exact) mass is 296 g/mol. The molecule has 0 aliphatic carbocycles. The van der Waals surface area contributed by atoms with Gasteiger partial charge in [-0.25, -0.2) is 4.98 Å². The summed E-state index contributed by atoms with van der Waals surface area (Å²) < 4.78 is 0. The van der Waals surface area contributed by atoms with Crippen LogP contribution in [0.4, 0.5) is 11.5 Å². The van der Waals surface area contributed by atoms with Crippen molar-refractivity contribution in [2.24, 2.45) is 0 Å². The SMILES string of the molecule is Cc1cncc(-c2cncc(Nc3cccc(Cl)c3)n2)c1. The van der Waals surface area contributed by atoms with Gasteiger partial charge >= 0.3 is 0 Å². The van der Waals surface area contributed by atoms with Crippen molar-refractivity contribution in [2.75, 3.05) is 5.32 Å². The van der Waals surface area contributed by atoms with E-state index in [0.717, 1.165) is 22.5 Å². The molecule has 0 amide bonds. The lowest BCUT2D eigenvalue weighted by Gasteiger charge is -2.07. The van der Waals surface area contributed by atoms with E-state index in [0.29, 0.717) is 10.8 Å². The van der Waals surface area contributed by atoms with E-state index in [1.807, 2.05) is 43.5 Å². The highest BCUT2D eigenvalue weighted by atomic mass is 35.5. The Balaban J connectivity index is 1.90. The van der Waals surface area contributed by atoms with Gasteiger partial charge in [-0.05, 0) is 36.8 Å². The number of halogens is 1. The Bertz CT molecular complexity index is 773. The molecule has 21 heavy (non-hydrogen) atoms. The predicted molar refractivity (Wildman–Crippen MR) is 84.7 cm³/mol. The van der Waals surface area contributed by atoms with Crippen LogP contribution in [-0.4, -0.2) is 15.0 Å². The second-order valence-corrected chi connectivity index (χ2v) is 5.11. The van der Waals surface area contributed by atoms with Crippen molar-refractivity contribution in [3.63, 3.8) is 0 Å². The molecule has 2 heterocycles. The summed E-state index contributed by atoms with van der Waals surface area (Å²) in [5, 5.41) is 3.86. The maximum absolute atomic E-state index is 5.97. The zero-order valence-electron chi connectivity index (χ0n) is 11.4. The number of benzene rings is 1. The molecule has 0 fully saturated rings. The van der Waals surface area contributed by atoms with Crippen molar-refractivity contribution in [1.29, 1.82) is 0 Å². The average molecular weight is 297 g/mol. The van der Waals surface area contributed by atoms with Crippen LogP contribution < -0.4 is 5.32 Å². The normalized spacial score (nSPS) is 10.4. The van der Waals surface area contributed by atoms with Crippen molar-refractivity contribution >= 4 is 23.1 Å². The molecule has 3 aromatic rings. The zero-order valence-corrected chi connectivity index (χ0v) is 12.2. The molecular formula is C16H13ClN4. The highest BCUT2D eigenvalue weighted by Gasteiger charge is 2.03. The van der Waals surface area contributed by atoms with Gasteiger partial charge in [0.15, 0.2) is 0 Å². The minimum Gasteiger partial charge on any atom is -0.339 e. The number of aryl methyl sites for hydroxylation is 1. The van der Waals surface area contributed by atoms with Gasteiger partial charge in [0.2, 0.25) is 0 Å². The lowest BCUT2D eigenvalue weighted by atomic mass is 10.2. The van der Waals surface area contributed by atoms with Gasteiger partial charge in [-0.3, -0.25) is 9.97 Å². The van der Waals surface area contributed by atoms with Crippen molar-refractivity contribution in [3.05, 3.63) is 65.7 Å². The fourth-order valence-corrected chi connectivity index (χ4v) is 2.16. The van der Waals surface area contributed by atoms with Crippen LogP contribution >= 0.6 is 11.6 Å². The Hall–Kier alpha value is -2.46. The fourth-order valence-electron chi connectivity index (χ4n) is 1.97. The summed E-state index contributed by atoms with van der Waals surface area (Å²) in [6.45, 7) is 2.00. The number of rotatable bonds is 3. The summed E-state index contributed by atoms with van der Waals surface area (Å²) >= 11 is 5.97. The Morgan fingerprint density at radius 3 is 2.67 bits per heavy atom. The lowest BCUT2D eigenvalue weighted by Crippen LogP contribution is -1.96. The number of aromatic nitrogens is 3. The molecule has 0 atom stereocenters. The quantitative estimate of drug-likeness (QED) is 0.785. The van der Waals surface area contributed by atoms with Crippen LogP contribution in [0.15, 0.2) is 55.1 Å². The van der Waals surface area contributed by atoms with E-state index in [1.54, 1.807) is 18.6 Å². The minimum absolute atomic E-state index is 0.663. The summed E-state index contributed by atoms with van der Waals surface area (Å²) in [7, 11) is 0. The number of nitrogens with zero attached hydrogens (tertiary/aromatic N) is 3. The molecule has 0 bridgehead atoms. The largest absolute Gasteiger partial charge is 0.339 e. The Morgan fingerprint density at radius 1 is 1.00 bits per heavy atom. The Morgan fingerprint density at radius 2 is 1.86 bits per heavy atom. The standard InChI is InChI=1S/C16H13ClN4/c1-11-5-12(8-18-7-11)15-9-19-10-16(21-15)20-14-4-2-3-13(17)6-14/h2-10H,1H3,(H,20,21). The van der Waals surface area contributed by atoms with Crippen LogP contribution in [0.2, 0.25) is 5.02 Å². The van der Waals surface area contributed by atoms with Crippen molar-refractivity contribution in [2.45, 2.75) is 6.92 Å². The molecule has 0 saturated heterocycles. The molecule has 0 aliphatic rings. The van der Waals surface area contributed by atoms with Gasteiger partial charge in [-0.1, -0.05) is 17.7 Å². The number of anilines is 2. The van der Waals surface area contributed by atoms with Crippen molar-refractivity contribution in [1.82, 2.24) is 15.0 Å². The number of hydrogen-bond acceptors (Lipinski definition) is 4. The molecule has 1 aromatic carbocycles. The summed E-state index contributed by atoms with van der Waals surface area (Å²) in [6, 6.07) is 9.50. The highest BCUT2D eigenvalue weighted by Crippen LogP contribution is 2.21. The van der Waals surface area contributed by atoms with Crippen molar-refractivity contribution < 1.29 is 0 Å². The average Bonchev–Trinajstić information content (AvgIpc) is 2.47. The lowest BCUT2D eigenvalue weighted by molar-refractivity contribution is 1.18. The Kier molecular flexibility index (Phi) is 3.79. The van der Waals surface area contributed by atoms with Crippen LogP contribution in [0.3, 0.4) is 0 Å². The maximum atomic E-state index is 5.97. The van der Waals surface area contributed by atoms with Gasteiger partial charge < -0.3 is 5.32 Å². The number of nitrogens with one attached hydrogen (secondary N) is 1. The van der Waals surface area contributed by atoms with Gasteiger partial charge in [-0.15, -0.1) is 0 Å². The molecule has 5 heteroatoms. The minimum atomic E-state index is 0.663. The summed E-state index contributed by atoms with van der Waals surface area (Å²) in [5.41, 5.74) is 3.68. The van der Waals surface area contributed by atoms with Gasteiger partial charge in [0.1, 0.15) is 5.82 Å². The first-order valence-electron chi connectivity index (χ1n) is 6.47. The third kappa shape index (κ3) is 3.35. The van der Waals surface area contributed by atoms with Crippen LogP contribution in [-0.2, 0) is 0 Å². The van der Waals surface area contributed by atoms with Gasteiger partial charge in [-0.2, -0.15) is 0 Å². The van der Waals surface area contributed by atoms with E-state index in [-0.39, 0.29) is 0 Å². The number of pyridine rings is 1. The molecular weight excluding hydrogens is 284 g/mol. The molecule has 0 unspecified atom stereocenters. The predicted octanol–water partition coefficient (Wildman–Crippen LogP) is 4.24. The topological polar surface area (TPSA) is 50.7 Å².